The van der Waals surface area contributed by atoms with Gasteiger partial charge in [0.15, 0.2) is 15.9 Å². The first-order valence-electron chi connectivity index (χ1n) is 12.6. The molecule has 0 aliphatic carbocycles. The molecule has 0 radical (unpaired) electrons. The van der Waals surface area contributed by atoms with Crippen LogP contribution in [0.1, 0.15) is 52.0 Å². The van der Waals surface area contributed by atoms with Crippen LogP contribution >= 0.6 is 0 Å². The minimum absolute atomic E-state index is 0.177. The Morgan fingerprint density at radius 1 is 1.25 bits per heavy atom. The topological polar surface area (TPSA) is 139 Å². The third-order valence-corrected chi connectivity index (χ3v) is 9.34. The van der Waals surface area contributed by atoms with Gasteiger partial charge in [-0.25, -0.2) is 18.0 Å². The van der Waals surface area contributed by atoms with Gasteiger partial charge in [-0.15, -0.1) is 0 Å². The Morgan fingerprint density at radius 2 is 1.89 bits per heavy atom. The fourth-order valence-electron chi connectivity index (χ4n) is 4.67. The fourth-order valence-corrected chi connectivity index (χ4v) is 6.36. The number of aliphatic carboxylic acids is 1. The molecule has 202 valence electrons. The third kappa shape index (κ3) is 6.49. The Balaban J connectivity index is 1.53. The van der Waals surface area contributed by atoms with Gasteiger partial charge in [-0.1, -0.05) is 25.5 Å². The van der Waals surface area contributed by atoms with Crippen molar-refractivity contribution in [1.82, 2.24) is 9.80 Å². The van der Waals surface area contributed by atoms with Crippen molar-refractivity contribution in [2.24, 2.45) is 5.73 Å². The van der Waals surface area contributed by atoms with E-state index in [1.54, 1.807) is 29.2 Å². The Morgan fingerprint density at radius 3 is 2.44 bits per heavy atom. The smallest absolute Gasteiger partial charge is 0.410 e. The lowest BCUT2D eigenvalue weighted by Gasteiger charge is -2.37. The Hall–Kier alpha value is -2.37. The van der Waals surface area contributed by atoms with Gasteiger partial charge in [0.05, 0.1) is 12.3 Å². The summed E-state index contributed by atoms with van der Waals surface area (Å²) >= 11 is 0. The molecule has 2 fully saturated rings. The number of carboxylic acids is 1. The van der Waals surface area contributed by atoms with E-state index >= 15 is 0 Å². The predicted octanol–water partition coefficient (Wildman–Crippen LogP) is 2.26. The number of amides is 1. The van der Waals surface area contributed by atoms with E-state index in [1.807, 2.05) is 6.92 Å². The monoisotopic (exact) mass is 525 g/mol. The van der Waals surface area contributed by atoms with Crippen LogP contribution in [-0.2, 0) is 25.8 Å². The van der Waals surface area contributed by atoms with E-state index in [0.29, 0.717) is 36.7 Å². The van der Waals surface area contributed by atoms with Crippen LogP contribution < -0.4 is 10.5 Å². The van der Waals surface area contributed by atoms with Crippen molar-refractivity contribution in [2.75, 3.05) is 32.0 Å². The molecule has 3 rings (SSSR count). The molecule has 11 heteroatoms. The van der Waals surface area contributed by atoms with Crippen molar-refractivity contribution < 1.29 is 32.6 Å². The Kier molecular flexibility index (Phi) is 9.23. The summed E-state index contributed by atoms with van der Waals surface area (Å²) in [6, 6.07) is 7.14. The first-order chi connectivity index (χ1) is 17.0. The zero-order chi connectivity index (χ0) is 26.5. The number of nitrogens with two attached hydrogens (primary N) is 1. The average molecular weight is 526 g/mol. The molecular weight excluding hydrogens is 486 g/mol. The van der Waals surface area contributed by atoms with Gasteiger partial charge in [0.25, 0.3) is 0 Å². The number of cyclic esters (lactones) is 1. The number of rotatable bonds is 12. The maximum absolute atomic E-state index is 12.6. The first kappa shape index (κ1) is 28.2. The minimum Gasteiger partial charge on any atom is -0.490 e. The average Bonchev–Trinajstić information content (AvgIpc) is 3.22. The normalized spacial score (nSPS) is 21.4. The molecule has 3 N–H and O–H groups in total. The van der Waals surface area contributed by atoms with Crippen LogP contribution in [0.3, 0.4) is 0 Å². The van der Waals surface area contributed by atoms with E-state index in [-0.39, 0.29) is 37.0 Å². The molecule has 2 saturated heterocycles. The van der Waals surface area contributed by atoms with Crippen LogP contribution in [-0.4, -0.2) is 90.4 Å². The minimum atomic E-state index is -4.05. The summed E-state index contributed by atoms with van der Waals surface area (Å²) in [5.74, 6) is -1.34. The lowest BCUT2D eigenvalue weighted by Crippen LogP contribution is -2.57. The van der Waals surface area contributed by atoms with Gasteiger partial charge >= 0.3 is 12.1 Å². The quantitative estimate of drug-likeness (QED) is 0.420. The lowest BCUT2D eigenvalue weighted by molar-refractivity contribution is -0.140. The molecule has 0 spiro atoms. The molecule has 1 aromatic carbocycles. The maximum atomic E-state index is 12.6. The van der Waals surface area contributed by atoms with Crippen molar-refractivity contribution in [3.63, 3.8) is 0 Å². The first-order valence-corrected chi connectivity index (χ1v) is 14.3. The van der Waals surface area contributed by atoms with Crippen LogP contribution in [0.2, 0.25) is 0 Å². The molecular formula is C25H39N3O7S. The van der Waals surface area contributed by atoms with E-state index < -0.39 is 20.7 Å². The molecule has 10 nitrogen and oxygen atoms in total. The molecule has 36 heavy (non-hydrogen) atoms. The van der Waals surface area contributed by atoms with Gasteiger partial charge in [-0.3, -0.25) is 0 Å². The summed E-state index contributed by atoms with van der Waals surface area (Å²) in [4.78, 5) is 26.0. The van der Waals surface area contributed by atoms with E-state index in [1.165, 1.54) is 0 Å². The fraction of sp³-hybridized carbons (Fsp3) is 0.680. The van der Waals surface area contributed by atoms with E-state index in [0.717, 1.165) is 25.9 Å². The number of ether oxygens (including phenoxy) is 2. The molecule has 0 bridgehead atoms. The number of unbranched alkanes of at least 4 members (excludes halogenated alkanes) is 1. The molecule has 2 atom stereocenters. The lowest BCUT2D eigenvalue weighted by atomic mass is 10.0. The number of likely N-dealkylation sites (tertiary alicyclic amines) is 1. The highest BCUT2D eigenvalue weighted by atomic mass is 32.2. The van der Waals surface area contributed by atoms with E-state index in [2.05, 4.69) is 18.7 Å². The van der Waals surface area contributed by atoms with Crippen LogP contribution in [0.5, 0.6) is 5.75 Å². The predicted molar refractivity (Wildman–Crippen MR) is 136 cm³/mol. The molecule has 2 aliphatic heterocycles. The SMILES string of the molecule is CCCCS(=O)(=O)C(N)(Cc1ccc(OCC2CN(C3CCN(C(C)C)CC3)C(=O)O2)cc1)C(=O)O. The second-order valence-corrected chi connectivity index (χ2v) is 12.4. The molecule has 1 amide bonds. The highest BCUT2D eigenvalue weighted by molar-refractivity contribution is 7.93. The number of carboxylic acid groups (broad SMARTS) is 1. The highest BCUT2D eigenvalue weighted by Gasteiger charge is 2.47. The summed E-state index contributed by atoms with van der Waals surface area (Å²) in [6.45, 7) is 8.78. The number of nitrogens with zero attached hydrogens (tertiary/aromatic N) is 2. The van der Waals surface area contributed by atoms with Gasteiger partial charge in [0.1, 0.15) is 12.4 Å². The second-order valence-electron chi connectivity index (χ2n) is 10.0. The summed E-state index contributed by atoms with van der Waals surface area (Å²) in [5.41, 5.74) is 6.38. The van der Waals surface area contributed by atoms with E-state index in [9.17, 15) is 23.1 Å². The number of benzene rings is 1. The van der Waals surface area contributed by atoms with Crippen molar-refractivity contribution in [3.05, 3.63) is 29.8 Å². The number of sulfone groups is 1. The number of piperidine rings is 1. The van der Waals surface area contributed by atoms with Gasteiger partial charge in [-0.2, -0.15) is 0 Å². The number of carbonyl (C=O) groups is 2. The molecule has 2 heterocycles. The van der Waals surface area contributed by atoms with Crippen LogP contribution in [0, 0.1) is 0 Å². The molecule has 0 aromatic heterocycles. The zero-order valence-electron chi connectivity index (χ0n) is 21.4. The summed E-state index contributed by atoms with van der Waals surface area (Å²) < 4.78 is 36.5. The van der Waals surface area contributed by atoms with Crippen LogP contribution in [0.25, 0.3) is 0 Å². The summed E-state index contributed by atoms with van der Waals surface area (Å²) in [6.07, 6.45) is 1.78. The second kappa shape index (κ2) is 11.8. The Labute approximate surface area is 213 Å². The highest BCUT2D eigenvalue weighted by Crippen LogP contribution is 2.25. The van der Waals surface area contributed by atoms with E-state index in [4.69, 9.17) is 15.2 Å². The number of hydrogen-bond donors (Lipinski definition) is 2. The number of hydrogen-bond acceptors (Lipinski definition) is 8. The maximum Gasteiger partial charge on any atom is 0.410 e. The van der Waals surface area contributed by atoms with Gasteiger partial charge in [0.2, 0.25) is 4.87 Å². The summed E-state index contributed by atoms with van der Waals surface area (Å²) in [7, 11) is -4.05. The van der Waals surface area contributed by atoms with Crippen LogP contribution in [0.15, 0.2) is 24.3 Å². The van der Waals surface area contributed by atoms with Crippen molar-refractivity contribution in [2.45, 2.75) is 75.9 Å². The van der Waals surface area contributed by atoms with Crippen molar-refractivity contribution in [1.29, 1.82) is 0 Å². The molecule has 2 unspecified atom stereocenters. The van der Waals surface area contributed by atoms with Gasteiger partial charge in [-0.05, 0) is 50.8 Å². The zero-order valence-corrected chi connectivity index (χ0v) is 22.2. The van der Waals surface area contributed by atoms with Crippen molar-refractivity contribution in [3.8, 4) is 5.75 Å². The van der Waals surface area contributed by atoms with Gasteiger partial charge in [0, 0.05) is 31.6 Å². The molecule has 1 aromatic rings. The standard InChI is InChI=1S/C25H39N3O7S/c1-4-5-14-36(32,33)25(26,23(29)30)15-19-6-8-21(9-7-19)34-17-22-16-28(24(31)35-22)20-10-12-27(13-11-20)18(2)3/h6-9,18,20,22H,4-5,10-17,26H2,1-3H3,(H,29,30). The largest absolute Gasteiger partial charge is 0.490 e. The third-order valence-electron chi connectivity index (χ3n) is 7.08. The molecule has 2 aliphatic rings. The van der Waals surface area contributed by atoms with Crippen LogP contribution in [0.4, 0.5) is 4.79 Å². The summed E-state index contributed by atoms with van der Waals surface area (Å²) in [5, 5.41) is 9.59. The van der Waals surface area contributed by atoms with Crippen molar-refractivity contribution >= 4 is 21.9 Å². The van der Waals surface area contributed by atoms with Gasteiger partial charge < -0.3 is 30.1 Å². The number of carbonyl (C=O) groups excluding carboxylic acids is 1. The molecule has 0 saturated carbocycles. The Bertz CT molecular complexity index is 1010.